The van der Waals surface area contributed by atoms with Crippen LogP contribution in [0.25, 0.3) is 22.1 Å². The van der Waals surface area contributed by atoms with Gasteiger partial charge in [0.15, 0.2) is 0 Å². The number of carbonyl (C=O) groups is 2. The van der Waals surface area contributed by atoms with Crippen LogP contribution in [-0.2, 0) is 53.4 Å². The predicted octanol–water partition coefficient (Wildman–Crippen LogP) is 7.78. The summed E-state index contributed by atoms with van der Waals surface area (Å²) in [6.45, 7) is 16.7. The van der Waals surface area contributed by atoms with Gasteiger partial charge in [0.1, 0.15) is 18.3 Å². The zero-order valence-electron chi connectivity index (χ0n) is 39.1. The Kier molecular flexibility index (Phi) is 14.8. The summed E-state index contributed by atoms with van der Waals surface area (Å²) in [7, 11) is -7.87. The molecule has 4 aromatic heterocycles. The second kappa shape index (κ2) is 20.1. The van der Waals surface area contributed by atoms with E-state index in [1.54, 1.807) is 24.3 Å². The topological polar surface area (TPSA) is 199 Å². The third kappa shape index (κ3) is 10.5. The Morgan fingerprint density at radius 1 is 0.701 bits per heavy atom. The van der Waals surface area contributed by atoms with E-state index in [0.717, 1.165) is 115 Å². The number of carboxylic acid groups (broad SMARTS) is 1. The first-order chi connectivity index (χ1) is 31.8. The lowest BCUT2D eigenvalue weighted by Crippen LogP contribution is -2.26. The molecule has 8 rings (SSSR count). The quantitative estimate of drug-likeness (QED) is 0.0961. The van der Waals surface area contributed by atoms with Crippen molar-refractivity contribution in [3.05, 3.63) is 96.1 Å². The third-order valence-corrected chi connectivity index (χ3v) is 16.6. The number of aromatic carboxylic acids is 1. The third-order valence-electron chi connectivity index (χ3n) is 13.4. The van der Waals surface area contributed by atoms with Gasteiger partial charge in [-0.15, -0.1) is 0 Å². The first-order valence-electron chi connectivity index (χ1n) is 22.9. The number of nitrogens with zero attached hydrogens (tertiary/aromatic N) is 6. The normalized spacial score (nSPS) is 15.7. The lowest BCUT2D eigenvalue weighted by molar-refractivity contribution is 0.0609. The van der Waals surface area contributed by atoms with E-state index in [2.05, 4.69) is 56.0 Å². The van der Waals surface area contributed by atoms with Crippen molar-refractivity contribution in [2.75, 3.05) is 39.6 Å². The van der Waals surface area contributed by atoms with E-state index in [9.17, 15) is 30.8 Å². The number of aromatic nitrogens is 6. The maximum atomic E-state index is 13.3. The van der Waals surface area contributed by atoms with Crippen LogP contribution in [0.15, 0.2) is 83.1 Å². The summed E-state index contributed by atoms with van der Waals surface area (Å²) in [5.74, 6) is 1.18. The zero-order chi connectivity index (χ0) is 48.3. The highest BCUT2D eigenvalue weighted by Crippen LogP contribution is 2.35. The Hall–Kier alpha value is -5.37. The fourth-order valence-corrected chi connectivity index (χ4v) is 10.9. The van der Waals surface area contributed by atoms with Crippen LogP contribution in [0.4, 0.5) is 4.39 Å². The van der Waals surface area contributed by atoms with Gasteiger partial charge in [-0.3, -0.25) is 4.79 Å². The lowest BCUT2D eigenvalue weighted by Gasteiger charge is -2.28. The number of hydrogen-bond acceptors (Lipinski definition) is 10. The molecule has 16 nitrogen and oxygen atoms in total. The number of rotatable bonds is 16. The molecule has 19 heteroatoms. The van der Waals surface area contributed by atoms with Gasteiger partial charge in [0.05, 0.1) is 43.0 Å². The van der Waals surface area contributed by atoms with Crippen molar-refractivity contribution < 1.29 is 45.4 Å². The van der Waals surface area contributed by atoms with E-state index < -0.39 is 38.6 Å². The second-order valence-corrected chi connectivity index (χ2v) is 22.4. The molecule has 67 heavy (non-hydrogen) atoms. The Balaban J connectivity index is 0.000000200. The Bertz CT molecular complexity index is 2960. The minimum Gasteiger partial charge on any atom is -0.478 e. The minimum absolute atomic E-state index is 0.0779. The highest BCUT2D eigenvalue weighted by atomic mass is 32.2. The van der Waals surface area contributed by atoms with E-state index in [1.165, 1.54) is 30.7 Å². The van der Waals surface area contributed by atoms with Crippen molar-refractivity contribution in [2.45, 2.75) is 114 Å². The highest BCUT2D eigenvalue weighted by molar-refractivity contribution is 7.90. The standard InChI is InChI=1S/C25H33FN4O4S.C23H29N3O5S/c1-4-25(2,3)24-28-21-15-20(5-6-22(21)30(24)16-18-8-13-34-14-9-18)35(32,33)29-12-7-19(17-29)23(31)27-11-10-26;1-4-23(2,3)22-24-19-13-18(32(29,30)25-10-7-17(15-25)21(27)28)5-6-20(19)26(22)14-16-8-11-31-12-9-16/h5-7,12,15,17-18H,4,8-11,13-14,16H2,1-3H3,(H,27,31);5-7,10,13,15-16H,4,8-9,11-12,14H2,1-3H3,(H,27,28). The molecule has 0 aliphatic carbocycles. The SMILES string of the molecule is CCC(C)(C)c1nc2cc(S(=O)(=O)n3ccc(C(=O)NCCF)c3)ccc2n1CC1CCOCC1.CCC(C)(C)c1nc2cc(S(=O)(=O)n3ccc(C(=O)O)c3)ccc2n1CC1CCOCC1. The van der Waals surface area contributed by atoms with Crippen molar-refractivity contribution in [3.8, 4) is 0 Å². The smallest absolute Gasteiger partial charge is 0.337 e. The molecule has 2 aliphatic heterocycles. The lowest BCUT2D eigenvalue weighted by atomic mass is 9.89. The largest absolute Gasteiger partial charge is 0.478 e. The average molecular weight is 964 g/mol. The summed E-state index contributed by atoms with van der Waals surface area (Å²) in [4.78, 5) is 33.2. The number of imidazole rings is 2. The molecule has 2 aromatic carbocycles. The molecule has 0 radical (unpaired) electrons. The number of fused-ring (bicyclic) bond motifs is 2. The number of nitrogens with one attached hydrogen (secondary N) is 1. The Morgan fingerprint density at radius 3 is 1.51 bits per heavy atom. The molecular weight excluding hydrogens is 902 g/mol. The van der Waals surface area contributed by atoms with Crippen molar-refractivity contribution in [1.29, 1.82) is 0 Å². The highest BCUT2D eigenvalue weighted by Gasteiger charge is 2.31. The number of benzene rings is 2. The number of halogens is 1. The molecule has 6 aromatic rings. The fraction of sp³-hybridized carbons (Fsp3) is 0.500. The second-order valence-electron chi connectivity index (χ2n) is 18.7. The molecule has 0 atom stereocenters. The van der Waals surface area contributed by atoms with Crippen LogP contribution in [0, 0.1) is 11.8 Å². The van der Waals surface area contributed by atoms with Gasteiger partial charge in [0.25, 0.3) is 26.0 Å². The van der Waals surface area contributed by atoms with Gasteiger partial charge in [-0.1, -0.05) is 41.5 Å². The van der Waals surface area contributed by atoms with Gasteiger partial charge in [-0.2, -0.15) is 0 Å². The van der Waals surface area contributed by atoms with Gasteiger partial charge in [-0.05, 0) is 98.9 Å². The predicted molar refractivity (Wildman–Crippen MR) is 252 cm³/mol. The van der Waals surface area contributed by atoms with E-state index in [4.69, 9.17) is 24.5 Å². The van der Waals surface area contributed by atoms with Gasteiger partial charge in [-0.25, -0.2) is 43.9 Å². The molecule has 1 amide bonds. The summed E-state index contributed by atoms with van der Waals surface area (Å²) in [6.07, 6.45) is 10.7. The van der Waals surface area contributed by atoms with E-state index in [0.29, 0.717) is 22.9 Å². The summed E-state index contributed by atoms with van der Waals surface area (Å²) in [6, 6.07) is 12.6. The molecule has 0 unspecified atom stereocenters. The molecule has 2 fully saturated rings. The van der Waals surface area contributed by atoms with Gasteiger partial charge in [0.2, 0.25) is 0 Å². The van der Waals surface area contributed by atoms with Crippen LogP contribution >= 0.6 is 0 Å². The Labute approximate surface area is 391 Å². The summed E-state index contributed by atoms with van der Waals surface area (Å²) >= 11 is 0. The first-order valence-corrected chi connectivity index (χ1v) is 25.8. The maximum absolute atomic E-state index is 13.3. The van der Waals surface area contributed by atoms with Crippen molar-refractivity contribution in [1.82, 2.24) is 32.4 Å². The van der Waals surface area contributed by atoms with Crippen LogP contribution in [0.5, 0.6) is 0 Å². The van der Waals surface area contributed by atoms with Crippen molar-refractivity contribution in [3.63, 3.8) is 0 Å². The molecule has 2 saturated heterocycles. The van der Waals surface area contributed by atoms with Crippen LogP contribution in [0.3, 0.4) is 0 Å². The monoisotopic (exact) mass is 963 g/mol. The number of carbonyl (C=O) groups excluding carboxylic acids is 1. The summed E-state index contributed by atoms with van der Waals surface area (Å²) in [5.41, 5.74) is 2.80. The zero-order valence-corrected chi connectivity index (χ0v) is 40.7. The van der Waals surface area contributed by atoms with Crippen molar-refractivity contribution in [2.24, 2.45) is 11.8 Å². The van der Waals surface area contributed by atoms with Crippen LogP contribution in [0.2, 0.25) is 0 Å². The van der Waals surface area contributed by atoms with Gasteiger partial charge >= 0.3 is 5.97 Å². The number of alkyl halides is 1. The summed E-state index contributed by atoms with van der Waals surface area (Å²) in [5, 5.41) is 11.5. The molecular formula is C48H62FN7O9S2. The van der Waals surface area contributed by atoms with Crippen LogP contribution in [-0.4, -0.2) is 101 Å². The average Bonchev–Trinajstić information content (AvgIpc) is 4.16. The van der Waals surface area contributed by atoms with Crippen LogP contribution in [0.1, 0.15) is 112 Å². The van der Waals surface area contributed by atoms with Gasteiger partial charge in [0, 0.05) is 81.7 Å². The number of amides is 1. The molecule has 0 saturated carbocycles. The molecule has 2 aliphatic rings. The van der Waals surface area contributed by atoms with Gasteiger partial charge < -0.3 is 29.0 Å². The first kappa shape index (κ1) is 49.5. The van der Waals surface area contributed by atoms with Crippen molar-refractivity contribution >= 4 is 54.0 Å². The molecule has 2 N–H and O–H groups in total. The maximum Gasteiger partial charge on any atom is 0.337 e. The number of hydrogen-bond donors (Lipinski definition) is 2. The minimum atomic E-state index is -3.94. The van der Waals surface area contributed by atoms with E-state index in [1.807, 2.05) is 12.1 Å². The molecule has 6 heterocycles. The number of carboxylic acids is 1. The van der Waals surface area contributed by atoms with Crippen LogP contribution < -0.4 is 5.32 Å². The Morgan fingerprint density at radius 2 is 1.12 bits per heavy atom. The molecule has 0 spiro atoms. The fourth-order valence-electron chi connectivity index (χ4n) is 8.45. The summed E-state index contributed by atoms with van der Waals surface area (Å²) < 4.78 is 82.6. The van der Waals surface area contributed by atoms with E-state index in [-0.39, 0.29) is 38.3 Å². The number of ether oxygens (including phenoxy) is 2. The molecule has 0 bridgehead atoms. The van der Waals surface area contributed by atoms with E-state index >= 15 is 0 Å². The molecule has 362 valence electrons.